The molecule has 6 heteroatoms. The van der Waals surface area contributed by atoms with Crippen LogP contribution in [-0.4, -0.2) is 46.2 Å². The fourth-order valence-electron chi connectivity index (χ4n) is 3.11. The molecule has 0 bridgehead atoms. The lowest BCUT2D eigenvalue weighted by atomic mass is 9.96. The number of aliphatic hydroxyl groups is 1. The Labute approximate surface area is 152 Å². The average molecular weight is 358 g/mol. The van der Waals surface area contributed by atoms with Crippen LogP contribution in [0.5, 0.6) is 5.75 Å². The number of rotatable bonds is 5. The highest BCUT2D eigenvalue weighted by molar-refractivity contribution is 5.78. The molecule has 1 fully saturated rings. The summed E-state index contributed by atoms with van der Waals surface area (Å²) in [6.07, 6.45) is 5.42. The van der Waals surface area contributed by atoms with Gasteiger partial charge in [-0.3, -0.25) is 9.78 Å². The lowest BCUT2D eigenvalue weighted by Gasteiger charge is -2.27. The van der Waals surface area contributed by atoms with Crippen molar-refractivity contribution in [3.05, 3.63) is 60.2 Å². The number of carbonyl (C=O) groups excluding carboxylic acids is 1. The molecule has 3 rings (SSSR count). The normalized spacial score (nSPS) is 20.5. The topological polar surface area (TPSA) is 62.7 Å². The largest absolute Gasteiger partial charge is 0.491 e. The van der Waals surface area contributed by atoms with Crippen LogP contribution in [0.2, 0.25) is 0 Å². The Hall–Kier alpha value is -2.47. The molecule has 26 heavy (non-hydrogen) atoms. The Morgan fingerprint density at radius 1 is 1.23 bits per heavy atom. The predicted molar refractivity (Wildman–Crippen MR) is 95.2 cm³/mol. The van der Waals surface area contributed by atoms with Crippen molar-refractivity contribution in [1.82, 2.24) is 9.88 Å². The van der Waals surface area contributed by atoms with Crippen LogP contribution in [0.15, 0.2) is 48.8 Å². The van der Waals surface area contributed by atoms with Crippen LogP contribution in [-0.2, 0) is 11.2 Å². The van der Waals surface area contributed by atoms with E-state index in [1.807, 2.05) is 12.1 Å². The fraction of sp³-hybridized carbons (Fsp3) is 0.400. The Morgan fingerprint density at radius 2 is 2.04 bits per heavy atom. The molecule has 2 aromatic rings. The van der Waals surface area contributed by atoms with Gasteiger partial charge in [0, 0.05) is 25.5 Å². The number of pyridine rings is 1. The molecule has 0 radical (unpaired) electrons. The highest BCUT2D eigenvalue weighted by Crippen LogP contribution is 2.24. The summed E-state index contributed by atoms with van der Waals surface area (Å²) in [5, 5.41) is 10.8. The number of benzene rings is 1. The highest BCUT2D eigenvalue weighted by Gasteiger charge is 2.32. The minimum atomic E-state index is -0.988. The Morgan fingerprint density at radius 3 is 2.77 bits per heavy atom. The van der Waals surface area contributed by atoms with Crippen LogP contribution in [0, 0.1) is 5.82 Å². The maximum atomic E-state index is 12.9. The van der Waals surface area contributed by atoms with E-state index in [-0.39, 0.29) is 18.3 Å². The van der Waals surface area contributed by atoms with Gasteiger partial charge in [-0.05, 0) is 55.2 Å². The first kappa shape index (κ1) is 18.3. The van der Waals surface area contributed by atoms with Gasteiger partial charge in [-0.2, -0.15) is 0 Å². The molecule has 0 saturated carbocycles. The van der Waals surface area contributed by atoms with E-state index >= 15 is 0 Å². The van der Waals surface area contributed by atoms with Crippen LogP contribution in [0.3, 0.4) is 0 Å². The maximum Gasteiger partial charge on any atom is 0.227 e. The van der Waals surface area contributed by atoms with E-state index < -0.39 is 5.60 Å². The van der Waals surface area contributed by atoms with Crippen molar-refractivity contribution < 1.29 is 19.0 Å². The summed E-state index contributed by atoms with van der Waals surface area (Å²) in [5.41, 5.74) is -0.103. The van der Waals surface area contributed by atoms with E-state index in [0.29, 0.717) is 44.5 Å². The number of likely N-dealkylation sites (tertiary alicyclic amines) is 1. The van der Waals surface area contributed by atoms with Crippen molar-refractivity contribution >= 4 is 5.91 Å². The third-order valence-corrected chi connectivity index (χ3v) is 4.67. The molecule has 1 aromatic carbocycles. The van der Waals surface area contributed by atoms with E-state index in [9.17, 15) is 14.3 Å². The number of hydrogen-bond donors (Lipinski definition) is 1. The summed E-state index contributed by atoms with van der Waals surface area (Å²) in [6.45, 7) is 1.24. The van der Waals surface area contributed by atoms with Gasteiger partial charge in [0.25, 0.3) is 0 Å². The zero-order valence-electron chi connectivity index (χ0n) is 14.6. The smallest absolute Gasteiger partial charge is 0.227 e. The van der Waals surface area contributed by atoms with Crippen LogP contribution >= 0.6 is 0 Å². The predicted octanol–water partition coefficient (Wildman–Crippen LogP) is 2.59. The van der Waals surface area contributed by atoms with Crippen LogP contribution in [0.25, 0.3) is 0 Å². The van der Waals surface area contributed by atoms with Gasteiger partial charge in [-0.1, -0.05) is 6.07 Å². The Balaban J connectivity index is 1.53. The van der Waals surface area contributed by atoms with Crippen molar-refractivity contribution in [3.63, 3.8) is 0 Å². The molecule has 2 heterocycles. The lowest BCUT2D eigenvalue weighted by molar-refractivity contribution is -0.130. The summed E-state index contributed by atoms with van der Waals surface area (Å²) >= 11 is 0. The molecule has 0 aliphatic carbocycles. The Kier molecular flexibility index (Phi) is 5.83. The first-order chi connectivity index (χ1) is 12.5. The van der Waals surface area contributed by atoms with Crippen molar-refractivity contribution in [2.75, 3.05) is 19.7 Å². The van der Waals surface area contributed by atoms with E-state index in [1.165, 1.54) is 12.1 Å². The van der Waals surface area contributed by atoms with Gasteiger partial charge < -0.3 is 14.7 Å². The van der Waals surface area contributed by atoms with E-state index in [1.54, 1.807) is 29.4 Å². The number of halogens is 1. The zero-order chi connectivity index (χ0) is 18.4. The average Bonchev–Trinajstić information content (AvgIpc) is 2.84. The zero-order valence-corrected chi connectivity index (χ0v) is 14.6. The second-order valence-electron chi connectivity index (χ2n) is 6.74. The number of ether oxygens (including phenoxy) is 1. The second kappa shape index (κ2) is 8.27. The van der Waals surface area contributed by atoms with Crippen LogP contribution in [0.4, 0.5) is 4.39 Å². The van der Waals surface area contributed by atoms with Gasteiger partial charge in [0.05, 0.1) is 6.42 Å². The summed E-state index contributed by atoms with van der Waals surface area (Å²) in [6, 6.07) is 9.43. The van der Waals surface area contributed by atoms with Gasteiger partial charge >= 0.3 is 0 Å². The molecule has 5 nitrogen and oxygen atoms in total. The minimum absolute atomic E-state index is 0.0432. The molecule has 1 N–H and O–H groups in total. The number of nitrogens with zero attached hydrogens (tertiary/aromatic N) is 2. The molecule has 1 amide bonds. The summed E-state index contributed by atoms with van der Waals surface area (Å²) in [5.74, 6) is 0.239. The molecule has 1 aromatic heterocycles. The number of hydrogen-bond acceptors (Lipinski definition) is 4. The third-order valence-electron chi connectivity index (χ3n) is 4.67. The molecular formula is C20H23FN2O3. The van der Waals surface area contributed by atoms with Gasteiger partial charge in [0.2, 0.25) is 5.91 Å². The molecule has 1 saturated heterocycles. The minimum Gasteiger partial charge on any atom is -0.491 e. The molecular weight excluding hydrogens is 335 g/mol. The van der Waals surface area contributed by atoms with Crippen LogP contribution < -0.4 is 4.74 Å². The van der Waals surface area contributed by atoms with Gasteiger partial charge in [0.15, 0.2) is 0 Å². The third kappa shape index (κ3) is 5.02. The van der Waals surface area contributed by atoms with Crippen molar-refractivity contribution in [1.29, 1.82) is 0 Å². The SMILES string of the molecule is O=C(Cc1cccnc1)N1CCCC(O)(COc2ccc(F)cc2)CC1. The molecule has 1 aliphatic heterocycles. The number of aromatic nitrogens is 1. The highest BCUT2D eigenvalue weighted by atomic mass is 19.1. The molecule has 1 aliphatic rings. The lowest BCUT2D eigenvalue weighted by Crippen LogP contribution is -2.38. The summed E-state index contributed by atoms with van der Waals surface area (Å²) < 4.78 is 18.6. The first-order valence-corrected chi connectivity index (χ1v) is 8.82. The molecule has 138 valence electrons. The molecule has 0 spiro atoms. The Bertz CT molecular complexity index is 724. The summed E-state index contributed by atoms with van der Waals surface area (Å²) in [4.78, 5) is 18.3. The van der Waals surface area contributed by atoms with Crippen molar-refractivity contribution in [3.8, 4) is 5.75 Å². The van der Waals surface area contributed by atoms with Crippen LogP contribution in [0.1, 0.15) is 24.8 Å². The van der Waals surface area contributed by atoms with E-state index in [0.717, 1.165) is 5.56 Å². The van der Waals surface area contributed by atoms with E-state index in [2.05, 4.69) is 4.98 Å². The summed E-state index contributed by atoms with van der Waals surface area (Å²) in [7, 11) is 0. The van der Waals surface area contributed by atoms with Gasteiger partial charge in [0.1, 0.15) is 23.8 Å². The quantitative estimate of drug-likeness (QED) is 0.892. The van der Waals surface area contributed by atoms with Crippen molar-refractivity contribution in [2.24, 2.45) is 0 Å². The monoisotopic (exact) mass is 358 g/mol. The number of amides is 1. The maximum absolute atomic E-state index is 12.9. The van der Waals surface area contributed by atoms with Gasteiger partial charge in [-0.25, -0.2) is 4.39 Å². The second-order valence-corrected chi connectivity index (χ2v) is 6.74. The van der Waals surface area contributed by atoms with Gasteiger partial charge in [-0.15, -0.1) is 0 Å². The first-order valence-electron chi connectivity index (χ1n) is 8.82. The standard InChI is InChI=1S/C20H23FN2O3/c21-17-4-6-18(7-5-17)26-15-20(25)8-2-11-23(12-9-20)19(24)13-16-3-1-10-22-14-16/h1,3-7,10,14,25H,2,8-9,11-13,15H2. The fourth-order valence-corrected chi connectivity index (χ4v) is 3.11. The molecule has 1 unspecified atom stereocenters. The van der Waals surface area contributed by atoms with Crippen molar-refractivity contribution in [2.45, 2.75) is 31.3 Å². The molecule has 1 atom stereocenters. The van der Waals surface area contributed by atoms with E-state index in [4.69, 9.17) is 4.74 Å². The number of carbonyl (C=O) groups is 1.